The molecule has 0 N–H and O–H groups in total. The van der Waals surface area contributed by atoms with Gasteiger partial charge in [-0.05, 0) is 37.5 Å². The molecule has 3 atom stereocenters. The van der Waals surface area contributed by atoms with E-state index in [2.05, 4.69) is 16.5 Å². The molecule has 164 valence electrons. The van der Waals surface area contributed by atoms with Gasteiger partial charge in [0.15, 0.2) is 0 Å². The third-order valence-electron chi connectivity index (χ3n) is 6.56. The number of esters is 1. The highest BCUT2D eigenvalue weighted by atomic mass is 19.4. The molecular weight excluding hydrogens is 397 g/mol. The van der Waals surface area contributed by atoms with Crippen LogP contribution in [0, 0.1) is 29.1 Å². The SMILES string of the molecule is C=C/C(=C(/C#N)C(=NCN1CC2CC(C1)C2CC(=O)OC)N1CC[C@@H]1C)C(F)(F)F. The zero-order chi connectivity index (χ0) is 22.1. The second kappa shape index (κ2) is 8.80. The van der Waals surface area contributed by atoms with Crippen molar-refractivity contribution in [3.8, 4) is 6.07 Å². The molecule has 9 heteroatoms. The first kappa shape index (κ1) is 22.3. The molecule has 0 aromatic rings. The Bertz CT molecular complexity index is 787. The van der Waals surface area contributed by atoms with Gasteiger partial charge in [0, 0.05) is 32.1 Å². The number of rotatable bonds is 6. The van der Waals surface area contributed by atoms with Crippen LogP contribution in [0.15, 0.2) is 28.8 Å². The average Bonchev–Trinajstić information content (AvgIpc) is 2.70. The van der Waals surface area contributed by atoms with E-state index >= 15 is 0 Å². The maximum Gasteiger partial charge on any atom is 0.417 e. The lowest BCUT2D eigenvalue weighted by molar-refractivity contribution is -0.147. The number of nitrogens with zero attached hydrogens (tertiary/aromatic N) is 4. The van der Waals surface area contributed by atoms with E-state index in [1.807, 2.05) is 6.92 Å². The summed E-state index contributed by atoms with van der Waals surface area (Å²) in [7, 11) is 1.38. The summed E-state index contributed by atoms with van der Waals surface area (Å²) in [5.74, 6) is 0.931. The summed E-state index contributed by atoms with van der Waals surface area (Å²) in [6.07, 6.45) is -1.68. The largest absolute Gasteiger partial charge is 0.469 e. The summed E-state index contributed by atoms with van der Waals surface area (Å²) >= 11 is 0. The number of methoxy groups -OCH3 is 1. The Balaban J connectivity index is 1.77. The molecule has 1 saturated carbocycles. The smallest absolute Gasteiger partial charge is 0.417 e. The molecule has 0 aromatic carbocycles. The number of hydrogen-bond donors (Lipinski definition) is 0. The van der Waals surface area contributed by atoms with Crippen LogP contribution >= 0.6 is 0 Å². The number of piperidine rings is 2. The van der Waals surface area contributed by atoms with Gasteiger partial charge in [-0.1, -0.05) is 12.7 Å². The van der Waals surface area contributed by atoms with Crippen molar-refractivity contribution in [3.05, 3.63) is 23.8 Å². The number of fused-ring (bicyclic) bond motifs is 2. The number of halogens is 3. The van der Waals surface area contributed by atoms with Crippen molar-refractivity contribution in [1.29, 1.82) is 5.26 Å². The van der Waals surface area contributed by atoms with E-state index in [-0.39, 0.29) is 24.5 Å². The topological polar surface area (TPSA) is 68.9 Å². The Hall–Kier alpha value is -2.34. The van der Waals surface area contributed by atoms with E-state index in [1.165, 1.54) is 7.11 Å². The van der Waals surface area contributed by atoms with Gasteiger partial charge in [0.1, 0.15) is 17.5 Å². The molecule has 4 fully saturated rings. The highest BCUT2D eigenvalue weighted by Gasteiger charge is 2.47. The number of allylic oxidation sites excluding steroid dienone is 2. The van der Waals surface area contributed by atoms with Gasteiger partial charge >= 0.3 is 12.1 Å². The second-order valence-electron chi connectivity index (χ2n) is 8.29. The van der Waals surface area contributed by atoms with Crippen LogP contribution in [0.1, 0.15) is 26.2 Å². The minimum Gasteiger partial charge on any atom is -0.469 e. The zero-order valence-electron chi connectivity index (χ0n) is 17.3. The molecule has 4 rings (SSSR count). The quantitative estimate of drug-likeness (QED) is 0.215. The van der Waals surface area contributed by atoms with Crippen molar-refractivity contribution in [1.82, 2.24) is 9.80 Å². The van der Waals surface area contributed by atoms with Crippen molar-refractivity contribution >= 4 is 11.8 Å². The fraction of sp³-hybridized carbons (Fsp3) is 0.667. The van der Waals surface area contributed by atoms with Crippen LogP contribution < -0.4 is 0 Å². The minimum atomic E-state index is -4.67. The van der Waals surface area contributed by atoms with Crippen LogP contribution in [0.3, 0.4) is 0 Å². The lowest BCUT2D eigenvalue weighted by atomic mass is 9.60. The van der Waals surface area contributed by atoms with Gasteiger partial charge in [-0.2, -0.15) is 18.4 Å². The standard InChI is InChI=1S/C21H27F3N4O2/c1-4-18(21(22,23)24)17(9-25)20(28-6-5-13(28)2)26-12-27-10-14-7-15(11-27)16(14)8-19(29)30-3/h4,13-16H,1,5-8,10-12H2,2-3H3/b18-17+,26-20?/t13-,14?,15?,16?/m0/s1. The molecule has 4 aliphatic rings. The van der Waals surface area contributed by atoms with Gasteiger partial charge in [-0.25, -0.2) is 0 Å². The number of ether oxygens (including phenoxy) is 1. The summed E-state index contributed by atoms with van der Waals surface area (Å²) in [5.41, 5.74) is -1.53. The Morgan fingerprint density at radius 2 is 2.03 bits per heavy atom. The van der Waals surface area contributed by atoms with E-state index < -0.39 is 17.3 Å². The number of carbonyl (C=O) groups is 1. The number of alkyl halides is 3. The molecule has 3 heterocycles. The third kappa shape index (κ3) is 4.38. The van der Waals surface area contributed by atoms with Crippen molar-refractivity contribution < 1.29 is 22.7 Å². The van der Waals surface area contributed by atoms with E-state index in [1.54, 1.807) is 11.0 Å². The lowest BCUT2D eigenvalue weighted by Gasteiger charge is -2.53. The molecular formula is C21H27F3N4O2. The van der Waals surface area contributed by atoms with Crippen LogP contribution in [0.25, 0.3) is 0 Å². The van der Waals surface area contributed by atoms with Gasteiger partial charge < -0.3 is 9.64 Å². The number of likely N-dealkylation sites (tertiary alicyclic amines) is 1. The Kier molecular flexibility index (Phi) is 6.56. The van der Waals surface area contributed by atoms with Crippen molar-refractivity contribution in [2.24, 2.45) is 22.7 Å². The van der Waals surface area contributed by atoms with Crippen molar-refractivity contribution in [2.75, 3.05) is 33.4 Å². The van der Waals surface area contributed by atoms with Gasteiger partial charge in [0.05, 0.1) is 19.4 Å². The number of amidine groups is 1. The average molecular weight is 424 g/mol. The number of carbonyl (C=O) groups excluding carboxylic acids is 1. The molecule has 0 radical (unpaired) electrons. The Labute approximate surface area is 174 Å². The molecule has 0 aromatic heterocycles. The fourth-order valence-corrected chi connectivity index (χ4v) is 4.71. The molecule has 30 heavy (non-hydrogen) atoms. The predicted molar refractivity (Wildman–Crippen MR) is 105 cm³/mol. The van der Waals surface area contributed by atoms with Crippen LogP contribution in [0.5, 0.6) is 0 Å². The first-order valence-electron chi connectivity index (χ1n) is 10.1. The first-order chi connectivity index (χ1) is 14.2. The van der Waals surface area contributed by atoms with E-state index in [0.29, 0.717) is 36.8 Å². The molecule has 1 aliphatic carbocycles. The highest BCUT2D eigenvalue weighted by molar-refractivity contribution is 6.03. The predicted octanol–water partition coefficient (Wildman–Crippen LogP) is 3.14. The van der Waals surface area contributed by atoms with Crippen molar-refractivity contribution in [2.45, 2.75) is 38.4 Å². The van der Waals surface area contributed by atoms with Gasteiger partial charge in [0.25, 0.3) is 0 Å². The molecule has 0 amide bonds. The maximum absolute atomic E-state index is 13.4. The van der Waals surface area contributed by atoms with Gasteiger partial charge in [-0.3, -0.25) is 14.7 Å². The number of hydrogen-bond acceptors (Lipinski definition) is 5. The molecule has 2 bridgehead atoms. The van der Waals surface area contributed by atoms with E-state index in [9.17, 15) is 23.2 Å². The minimum absolute atomic E-state index is 0.0330. The van der Waals surface area contributed by atoms with Crippen molar-refractivity contribution in [3.63, 3.8) is 0 Å². The summed E-state index contributed by atoms with van der Waals surface area (Å²) < 4.78 is 45.0. The zero-order valence-corrected chi connectivity index (χ0v) is 17.3. The van der Waals surface area contributed by atoms with Gasteiger partial charge in [0.2, 0.25) is 0 Å². The molecule has 2 unspecified atom stereocenters. The molecule has 3 saturated heterocycles. The van der Waals surface area contributed by atoms with E-state index in [4.69, 9.17) is 4.74 Å². The second-order valence-corrected chi connectivity index (χ2v) is 8.29. The third-order valence-corrected chi connectivity index (χ3v) is 6.56. The van der Waals surface area contributed by atoms with Crippen LogP contribution in [0.2, 0.25) is 0 Å². The normalized spacial score (nSPS) is 29.9. The van der Waals surface area contributed by atoms with Crippen LogP contribution in [-0.4, -0.2) is 67.2 Å². The summed E-state index contributed by atoms with van der Waals surface area (Å²) in [6, 6.07) is 1.75. The Morgan fingerprint density at radius 3 is 2.47 bits per heavy atom. The first-order valence-corrected chi connectivity index (χ1v) is 10.1. The summed E-state index contributed by atoms with van der Waals surface area (Å²) in [4.78, 5) is 19.9. The Morgan fingerprint density at radius 1 is 1.37 bits per heavy atom. The summed E-state index contributed by atoms with van der Waals surface area (Å²) in [5, 5.41) is 9.52. The highest BCUT2D eigenvalue weighted by Crippen LogP contribution is 2.47. The monoisotopic (exact) mass is 424 g/mol. The van der Waals surface area contributed by atoms with Crippen LogP contribution in [-0.2, 0) is 9.53 Å². The van der Waals surface area contributed by atoms with Gasteiger partial charge in [-0.15, -0.1) is 0 Å². The lowest BCUT2D eigenvalue weighted by Crippen LogP contribution is -2.56. The number of nitriles is 1. The molecule has 6 nitrogen and oxygen atoms in total. The maximum atomic E-state index is 13.4. The fourth-order valence-electron chi connectivity index (χ4n) is 4.71. The van der Waals surface area contributed by atoms with Crippen LogP contribution in [0.4, 0.5) is 13.2 Å². The molecule has 3 aliphatic heterocycles. The number of aliphatic imine (C=N–C) groups is 1. The van der Waals surface area contributed by atoms with E-state index in [0.717, 1.165) is 25.9 Å². The molecule has 0 spiro atoms. The summed E-state index contributed by atoms with van der Waals surface area (Å²) in [6.45, 7) is 7.44.